The highest BCUT2D eigenvalue weighted by Crippen LogP contribution is 2.32. The van der Waals surface area contributed by atoms with E-state index >= 15 is 0 Å². The summed E-state index contributed by atoms with van der Waals surface area (Å²) in [5.41, 5.74) is 9.50. The molecule has 0 aliphatic carbocycles. The van der Waals surface area contributed by atoms with Gasteiger partial charge in [-0.1, -0.05) is 0 Å². The van der Waals surface area contributed by atoms with Gasteiger partial charge in [0, 0.05) is 20.2 Å². The van der Waals surface area contributed by atoms with Crippen LogP contribution in [0, 0.1) is 6.92 Å². The van der Waals surface area contributed by atoms with Crippen molar-refractivity contribution < 1.29 is 24.5 Å². The lowest BCUT2D eigenvalue weighted by atomic mass is 10.0. The number of carbonyl (C=O) groups is 1. The van der Waals surface area contributed by atoms with Crippen LogP contribution in [-0.4, -0.2) is 82.8 Å². The summed E-state index contributed by atoms with van der Waals surface area (Å²) in [6.07, 6.45) is 1.44. The number of anilines is 1. The summed E-state index contributed by atoms with van der Waals surface area (Å²) in [6, 6.07) is 3.63. The molecular weight excluding hydrogens is 428 g/mol. The Morgan fingerprint density at radius 3 is 2.76 bits per heavy atom. The molecular formula is C22H32N6O5. The number of aliphatic hydroxyl groups excluding tert-OH is 1. The Bertz CT molecular complexity index is 973. The summed E-state index contributed by atoms with van der Waals surface area (Å²) in [7, 11) is 3.14. The summed E-state index contributed by atoms with van der Waals surface area (Å²) in [5, 5.41) is 31.4. The van der Waals surface area contributed by atoms with Gasteiger partial charge in [0.05, 0.1) is 24.6 Å². The van der Waals surface area contributed by atoms with E-state index in [2.05, 4.69) is 20.5 Å². The van der Waals surface area contributed by atoms with Crippen molar-refractivity contribution in [3.8, 4) is 17.3 Å². The number of nitrogens with two attached hydrogens (primary N) is 1. The van der Waals surface area contributed by atoms with Crippen LogP contribution in [0.2, 0.25) is 0 Å². The third kappa shape index (κ3) is 5.93. The number of aliphatic carboxylic acids is 1. The quantitative estimate of drug-likeness (QED) is 0.379. The smallest absolute Gasteiger partial charge is 0.322 e. The van der Waals surface area contributed by atoms with Crippen LogP contribution < -0.4 is 15.8 Å². The van der Waals surface area contributed by atoms with Gasteiger partial charge in [-0.25, -0.2) is 4.98 Å². The van der Waals surface area contributed by atoms with Crippen LogP contribution in [0.3, 0.4) is 0 Å². The van der Waals surface area contributed by atoms with Gasteiger partial charge in [-0.3, -0.25) is 9.69 Å². The maximum atomic E-state index is 10.9. The molecule has 1 aliphatic rings. The number of nitrogens with zero attached hydrogens (tertiary/aromatic N) is 4. The normalized spacial score (nSPS) is 17.2. The number of nitrogens with one attached hydrogen (secondary N) is 1. The number of carboxylic acids is 1. The standard InChI is InChI=1S/C22H32N6O5/c1-13-9-16(24-11-18(29)30)21(33-3)25-19(13)20-14(5-4-7-23)10-17(26-27-20)22(31)28-8-6-15(12-28)32-2/h9-10,15,22,24,31H,4-8,11-12,23H2,1-3H3,(H,29,30). The maximum Gasteiger partial charge on any atom is 0.322 e. The van der Waals surface area contributed by atoms with E-state index in [0.29, 0.717) is 48.8 Å². The van der Waals surface area contributed by atoms with Crippen LogP contribution in [-0.2, 0) is 16.0 Å². The number of pyridine rings is 1. The molecule has 33 heavy (non-hydrogen) atoms. The zero-order valence-corrected chi connectivity index (χ0v) is 19.2. The first-order valence-corrected chi connectivity index (χ1v) is 10.9. The summed E-state index contributed by atoms with van der Waals surface area (Å²) >= 11 is 0. The summed E-state index contributed by atoms with van der Waals surface area (Å²) in [6.45, 7) is 3.45. The highest BCUT2D eigenvalue weighted by atomic mass is 16.5. The molecule has 11 nitrogen and oxygen atoms in total. The van der Waals surface area contributed by atoms with E-state index in [-0.39, 0.29) is 18.5 Å². The van der Waals surface area contributed by atoms with E-state index < -0.39 is 12.2 Å². The third-order valence-electron chi connectivity index (χ3n) is 5.69. The highest BCUT2D eigenvalue weighted by molar-refractivity contribution is 5.75. The number of methoxy groups -OCH3 is 2. The first-order valence-electron chi connectivity index (χ1n) is 10.9. The highest BCUT2D eigenvalue weighted by Gasteiger charge is 2.29. The number of rotatable bonds is 11. The second kappa shape index (κ2) is 11.3. The molecule has 2 aromatic heterocycles. The van der Waals surface area contributed by atoms with Crippen LogP contribution >= 0.6 is 0 Å². The van der Waals surface area contributed by atoms with E-state index in [1.807, 2.05) is 17.9 Å². The molecule has 0 saturated carbocycles. The van der Waals surface area contributed by atoms with Crippen LogP contribution in [0.5, 0.6) is 5.88 Å². The third-order valence-corrected chi connectivity index (χ3v) is 5.69. The molecule has 11 heteroatoms. The summed E-state index contributed by atoms with van der Waals surface area (Å²) in [4.78, 5) is 17.4. The van der Waals surface area contributed by atoms with Crippen molar-refractivity contribution in [2.45, 2.75) is 38.5 Å². The van der Waals surface area contributed by atoms with Crippen molar-refractivity contribution in [1.29, 1.82) is 0 Å². The minimum atomic E-state index is -0.988. The van der Waals surface area contributed by atoms with Crippen LogP contribution in [0.4, 0.5) is 5.69 Å². The molecule has 180 valence electrons. The van der Waals surface area contributed by atoms with Crippen molar-refractivity contribution in [2.24, 2.45) is 5.73 Å². The van der Waals surface area contributed by atoms with Gasteiger partial charge in [0.2, 0.25) is 5.88 Å². The molecule has 1 aliphatic heterocycles. The number of ether oxygens (including phenoxy) is 2. The molecule has 0 bridgehead atoms. The maximum absolute atomic E-state index is 10.9. The molecule has 3 rings (SSSR count). The minimum Gasteiger partial charge on any atom is -0.480 e. The fraction of sp³-hybridized carbons (Fsp3) is 0.545. The summed E-state index contributed by atoms with van der Waals surface area (Å²) in [5.74, 6) is -0.729. The number of hydrogen-bond acceptors (Lipinski definition) is 10. The minimum absolute atomic E-state index is 0.0937. The average molecular weight is 461 g/mol. The zero-order valence-electron chi connectivity index (χ0n) is 19.2. The molecule has 0 aromatic carbocycles. The number of hydrogen-bond donors (Lipinski definition) is 4. The van der Waals surface area contributed by atoms with E-state index in [1.165, 1.54) is 7.11 Å². The lowest BCUT2D eigenvalue weighted by Crippen LogP contribution is -2.28. The van der Waals surface area contributed by atoms with Gasteiger partial charge >= 0.3 is 5.97 Å². The molecule has 1 saturated heterocycles. The number of aryl methyl sites for hydroxylation is 2. The average Bonchev–Trinajstić information content (AvgIpc) is 3.30. The van der Waals surface area contributed by atoms with E-state index in [0.717, 1.165) is 24.0 Å². The molecule has 2 aromatic rings. The van der Waals surface area contributed by atoms with Gasteiger partial charge in [-0.15, -0.1) is 5.10 Å². The van der Waals surface area contributed by atoms with Crippen LogP contribution in [0.1, 0.15) is 35.9 Å². The second-order valence-corrected chi connectivity index (χ2v) is 8.01. The first-order chi connectivity index (χ1) is 15.9. The van der Waals surface area contributed by atoms with E-state index in [4.69, 9.17) is 20.3 Å². The lowest BCUT2D eigenvalue weighted by Gasteiger charge is -2.23. The van der Waals surface area contributed by atoms with Crippen molar-refractivity contribution in [2.75, 3.05) is 45.7 Å². The lowest BCUT2D eigenvalue weighted by molar-refractivity contribution is -0.134. The van der Waals surface area contributed by atoms with Crippen molar-refractivity contribution in [3.05, 3.63) is 29.0 Å². The van der Waals surface area contributed by atoms with Crippen LogP contribution in [0.15, 0.2) is 12.1 Å². The topological polar surface area (TPSA) is 156 Å². The zero-order chi connectivity index (χ0) is 24.0. The summed E-state index contributed by atoms with van der Waals surface area (Å²) < 4.78 is 10.8. The number of aromatic nitrogens is 3. The molecule has 2 unspecified atom stereocenters. The van der Waals surface area contributed by atoms with Crippen molar-refractivity contribution in [1.82, 2.24) is 20.1 Å². The van der Waals surface area contributed by atoms with Gasteiger partial charge in [-0.05, 0) is 56.0 Å². The number of carboxylic acid groups (broad SMARTS) is 1. The van der Waals surface area contributed by atoms with E-state index in [1.54, 1.807) is 13.2 Å². The van der Waals surface area contributed by atoms with Gasteiger partial charge in [0.15, 0.2) is 6.23 Å². The largest absolute Gasteiger partial charge is 0.480 e. The molecule has 1 fully saturated rings. The fourth-order valence-corrected chi connectivity index (χ4v) is 3.90. The number of aliphatic hydroxyl groups is 1. The first kappa shape index (κ1) is 24.8. The Morgan fingerprint density at radius 2 is 2.12 bits per heavy atom. The molecule has 0 radical (unpaired) electrons. The molecule has 0 spiro atoms. The van der Waals surface area contributed by atoms with E-state index in [9.17, 15) is 9.90 Å². The van der Waals surface area contributed by atoms with Gasteiger partial charge < -0.3 is 30.7 Å². The SMILES string of the molecule is COc1nc(-c2nnc(C(O)N3CCC(OC)C3)cc2CCCN)c(C)cc1NCC(=O)O. The predicted molar refractivity (Wildman–Crippen MR) is 122 cm³/mol. The second-order valence-electron chi connectivity index (χ2n) is 8.01. The predicted octanol–water partition coefficient (Wildman–Crippen LogP) is 0.955. The van der Waals surface area contributed by atoms with Gasteiger partial charge in [-0.2, -0.15) is 5.10 Å². The van der Waals surface area contributed by atoms with Crippen molar-refractivity contribution >= 4 is 11.7 Å². The monoisotopic (exact) mass is 460 g/mol. The molecule has 2 atom stereocenters. The van der Waals surface area contributed by atoms with Gasteiger partial charge in [0.1, 0.15) is 17.9 Å². The van der Waals surface area contributed by atoms with Crippen LogP contribution in [0.25, 0.3) is 11.4 Å². The number of likely N-dealkylation sites (tertiary alicyclic amines) is 1. The fourth-order valence-electron chi connectivity index (χ4n) is 3.90. The van der Waals surface area contributed by atoms with Gasteiger partial charge in [0.25, 0.3) is 0 Å². The Morgan fingerprint density at radius 1 is 1.33 bits per heavy atom. The Kier molecular flexibility index (Phi) is 8.50. The molecule has 0 amide bonds. The van der Waals surface area contributed by atoms with Crippen molar-refractivity contribution in [3.63, 3.8) is 0 Å². The Hall–Kier alpha value is -2.86. The Balaban J connectivity index is 1.95. The molecule has 5 N–H and O–H groups in total. The Labute approximate surface area is 192 Å². The molecule has 3 heterocycles.